The van der Waals surface area contributed by atoms with Crippen molar-refractivity contribution in [1.29, 1.82) is 0 Å². The lowest BCUT2D eigenvalue weighted by molar-refractivity contribution is 0.0700. The Morgan fingerprint density at radius 2 is 2.24 bits per heavy atom. The molecule has 0 aliphatic carbocycles. The van der Waals surface area contributed by atoms with Crippen molar-refractivity contribution in [3.05, 3.63) is 59.4 Å². The van der Waals surface area contributed by atoms with E-state index in [9.17, 15) is 9.18 Å². The summed E-state index contributed by atoms with van der Waals surface area (Å²) in [5, 5.41) is 0.912. The van der Waals surface area contributed by atoms with E-state index >= 15 is 0 Å². The normalized spacial score (nSPS) is 14.4. The molecule has 2 aromatic heterocycles. The Labute approximate surface area is 120 Å². The Kier molecular flexibility index (Phi) is 2.60. The third-order valence-corrected chi connectivity index (χ3v) is 3.96. The van der Waals surface area contributed by atoms with Crippen LogP contribution < -0.4 is 0 Å². The van der Waals surface area contributed by atoms with Gasteiger partial charge in [0.1, 0.15) is 5.82 Å². The molecular formula is C16H13FN2O2. The van der Waals surface area contributed by atoms with Gasteiger partial charge in [-0.3, -0.25) is 4.79 Å². The van der Waals surface area contributed by atoms with E-state index in [0.717, 1.165) is 22.2 Å². The van der Waals surface area contributed by atoms with Gasteiger partial charge >= 0.3 is 0 Å². The van der Waals surface area contributed by atoms with Gasteiger partial charge in [0.05, 0.1) is 12.8 Å². The van der Waals surface area contributed by atoms with Gasteiger partial charge in [0.2, 0.25) is 0 Å². The molecule has 0 fully saturated rings. The number of nitrogens with zero attached hydrogens (tertiary/aromatic N) is 1. The van der Waals surface area contributed by atoms with E-state index in [-0.39, 0.29) is 11.7 Å². The predicted molar refractivity (Wildman–Crippen MR) is 75.4 cm³/mol. The van der Waals surface area contributed by atoms with E-state index in [0.29, 0.717) is 25.3 Å². The van der Waals surface area contributed by atoms with Crippen LogP contribution >= 0.6 is 0 Å². The van der Waals surface area contributed by atoms with Crippen LogP contribution in [0.4, 0.5) is 4.39 Å². The van der Waals surface area contributed by atoms with Crippen LogP contribution in [0.2, 0.25) is 0 Å². The van der Waals surface area contributed by atoms with Crippen LogP contribution in [-0.2, 0) is 13.0 Å². The third kappa shape index (κ3) is 1.93. The van der Waals surface area contributed by atoms with Gasteiger partial charge in [0.15, 0.2) is 5.76 Å². The number of aromatic nitrogens is 1. The van der Waals surface area contributed by atoms with Crippen LogP contribution in [0, 0.1) is 5.82 Å². The van der Waals surface area contributed by atoms with E-state index in [1.165, 1.54) is 12.3 Å². The smallest absolute Gasteiger partial charge is 0.289 e. The minimum atomic E-state index is -0.238. The van der Waals surface area contributed by atoms with Crippen LogP contribution in [-0.4, -0.2) is 22.3 Å². The standard InChI is InChI=1S/C16H13FN2O2/c17-10-3-4-13-12(8-10)11-5-6-19(9-14(11)18-13)16(20)15-2-1-7-21-15/h1-4,7-8,18H,5-6,9H2. The predicted octanol–water partition coefficient (Wildman–Crippen LogP) is 3.10. The first kappa shape index (κ1) is 12.2. The molecule has 3 heterocycles. The van der Waals surface area contributed by atoms with E-state index in [2.05, 4.69) is 4.98 Å². The summed E-state index contributed by atoms with van der Waals surface area (Å²) in [4.78, 5) is 17.3. The molecule has 3 aromatic rings. The minimum absolute atomic E-state index is 0.115. The number of benzene rings is 1. The fourth-order valence-electron chi connectivity index (χ4n) is 2.94. The number of furan rings is 1. The summed E-state index contributed by atoms with van der Waals surface area (Å²) < 4.78 is 18.5. The van der Waals surface area contributed by atoms with Gasteiger partial charge in [-0.25, -0.2) is 4.39 Å². The SMILES string of the molecule is O=C(c1ccco1)N1CCc2c([nH]c3ccc(F)cc23)C1. The van der Waals surface area contributed by atoms with Crippen LogP contribution in [0.5, 0.6) is 0 Å². The van der Waals surface area contributed by atoms with E-state index in [1.807, 2.05) is 0 Å². The fraction of sp³-hybridized carbons (Fsp3) is 0.188. The van der Waals surface area contributed by atoms with Crippen molar-refractivity contribution in [3.63, 3.8) is 0 Å². The zero-order valence-electron chi connectivity index (χ0n) is 11.2. The van der Waals surface area contributed by atoms with Gasteiger partial charge in [-0.1, -0.05) is 0 Å². The number of halogens is 1. The van der Waals surface area contributed by atoms with E-state index < -0.39 is 0 Å². The van der Waals surface area contributed by atoms with Crippen molar-refractivity contribution >= 4 is 16.8 Å². The number of nitrogens with one attached hydrogen (secondary N) is 1. The highest BCUT2D eigenvalue weighted by atomic mass is 19.1. The van der Waals surface area contributed by atoms with Crippen molar-refractivity contribution in [2.45, 2.75) is 13.0 Å². The second-order valence-corrected chi connectivity index (χ2v) is 5.23. The highest BCUT2D eigenvalue weighted by Gasteiger charge is 2.25. The Hall–Kier alpha value is -2.56. The number of aromatic amines is 1. The maximum absolute atomic E-state index is 13.4. The number of carbonyl (C=O) groups excluding carboxylic acids is 1. The second kappa shape index (κ2) is 4.48. The van der Waals surface area contributed by atoms with Gasteiger partial charge in [0.25, 0.3) is 5.91 Å². The molecule has 1 amide bonds. The largest absolute Gasteiger partial charge is 0.459 e. The zero-order valence-corrected chi connectivity index (χ0v) is 11.2. The number of H-pyrrole nitrogens is 1. The molecule has 21 heavy (non-hydrogen) atoms. The molecule has 1 N–H and O–H groups in total. The summed E-state index contributed by atoms with van der Waals surface area (Å²) in [5.41, 5.74) is 2.99. The van der Waals surface area contributed by atoms with Crippen LogP contribution in [0.3, 0.4) is 0 Å². The lowest BCUT2D eigenvalue weighted by Crippen LogP contribution is -2.35. The fourth-order valence-corrected chi connectivity index (χ4v) is 2.94. The Morgan fingerprint density at radius 3 is 3.05 bits per heavy atom. The molecule has 0 unspecified atom stereocenters. The summed E-state index contributed by atoms with van der Waals surface area (Å²) in [6.45, 7) is 1.10. The van der Waals surface area contributed by atoms with Crippen molar-refractivity contribution in [2.24, 2.45) is 0 Å². The Balaban J connectivity index is 1.69. The van der Waals surface area contributed by atoms with Gasteiger partial charge in [0, 0.05) is 23.1 Å². The molecule has 0 bridgehead atoms. The Morgan fingerprint density at radius 1 is 1.33 bits per heavy atom. The topological polar surface area (TPSA) is 49.2 Å². The second-order valence-electron chi connectivity index (χ2n) is 5.23. The highest BCUT2D eigenvalue weighted by Crippen LogP contribution is 2.28. The van der Waals surface area contributed by atoms with Gasteiger partial charge < -0.3 is 14.3 Å². The van der Waals surface area contributed by atoms with Crippen molar-refractivity contribution in [2.75, 3.05) is 6.54 Å². The van der Waals surface area contributed by atoms with E-state index in [4.69, 9.17) is 4.42 Å². The molecule has 1 aliphatic rings. The summed E-state index contributed by atoms with van der Waals surface area (Å²) in [6, 6.07) is 8.10. The number of amides is 1. The Bertz CT molecular complexity index is 820. The molecule has 0 spiro atoms. The molecule has 1 aliphatic heterocycles. The summed E-state index contributed by atoms with van der Waals surface area (Å²) in [6.07, 6.45) is 2.21. The molecule has 4 nitrogen and oxygen atoms in total. The molecule has 4 rings (SSSR count). The minimum Gasteiger partial charge on any atom is -0.459 e. The third-order valence-electron chi connectivity index (χ3n) is 3.96. The lowest BCUT2D eigenvalue weighted by atomic mass is 10.0. The van der Waals surface area contributed by atoms with Gasteiger partial charge in [-0.05, 0) is 42.3 Å². The molecule has 0 atom stereocenters. The van der Waals surface area contributed by atoms with Gasteiger partial charge in [-0.2, -0.15) is 0 Å². The van der Waals surface area contributed by atoms with Crippen LogP contribution in [0.25, 0.3) is 10.9 Å². The number of hydrogen-bond acceptors (Lipinski definition) is 2. The summed E-state index contributed by atoms with van der Waals surface area (Å²) in [5.74, 6) is -0.00511. The first-order chi connectivity index (χ1) is 10.2. The lowest BCUT2D eigenvalue weighted by Gasteiger charge is -2.26. The summed E-state index contributed by atoms with van der Waals surface area (Å²) in [7, 11) is 0. The molecule has 0 saturated carbocycles. The molecule has 5 heteroatoms. The molecular weight excluding hydrogens is 271 g/mol. The average Bonchev–Trinajstić information content (AvgIpc) is 3.13. The molecule has 1 aromatic carbocycles. The highest BCUT2D eigenvalue weighted by molar-refractivity contribution is 5.92. The van der Waals surface area contributed by atoms with Crippen molar-refractivity contribution in [3.8, 4) is 0 Å². The molecule has 0 radical (unpaired) electrons. The maximum Gasteiger partial charge on any atom is 0.289 e. The van der Waals surface area contributed by atoms with Gasteiger partial charge in [-0.15, -0.1) is 0 Å². The van der Waals surface area contributed by atoms with Crippen molar-refractivity contribution in [1.82, 2.24) is 9.88 Å². The number of hydrogen-bond donors (Lipinski definition) is 1. The number of fused-ring (bicyclic) bond motifs is 3. The number of carbonyl (C=O) groups is 1. The number of rotatable bonds is 1. The quantitative estimate of drug-likeness (QED) is 0.746. The van der Waals surface area contributed by atoms with Crippen molar-refractivity contribution < 1.29 is 13.6 Å². The first-order valence-corrected chi connectivity index (χ1v) is 6.84. The average molecular weight is 284 g/mol. The monoisotopic (exact) mass is 284 g/mol. The maximum atomic E-state index is 13.4. The first-order valence-electron chi connectivity index (χ1n) is 6.84. The molecule has 0 saturated heterocycles. The van der Waals surface area contributed by atoms with Crippen LogP contribution in [0.1, 0.15) is 21.8 Å². The van der Waals surface area contributed by atoms with Crippen LogP contribution in [0.15, 0.2) is 41.0 Å². The van der Waals surface area contributed by atoms with E-state index in [1.54, 1.807) is 29.2 Å². The zero-order chi connectivity index (χ0) is 14.4. The molecule has 106 valence electrons. The summed E-state index contributed by atoms with van der Waals surface area (Å²) >= 11 is 0.